The second kappa shape index (κ2) is 9.57. The maximum absolute atomic E-state index is 12.8. The quantitative estimate of drug-likeness (QED) is 0.297. The average Bonchev–Trinajstić information content (AvgIpc) is 3.28. The second-order valence-electron chi connectivity index (χ2n) is 8.89. The molecule has 3 heterocycles. The Morgan fingerprint density at radius 1 is 1.18 bits per heavy atom. The summed E-state index contributed by atoms with van der Waals surface area (Å²) in [5, 5.41) is 11.6. The number of unbranched alkanes of at least 4 members (excludes halogenated alkanes) is 1. The first kappa shape index (κ1) is 23.9. The zero-order valence-corrected chi connectivity index (χ0v) is 20.1. The first-order chi connectivity index (χ1) is 15.6. The van der Waals surface area contributed by atoms with E-state index in [0.717, 1.165) is 18.4 Å². The van der Waals surface area contributed by atoms with E-state index < -0.39 is 20.5 Å². The van der Waals surface area contributed by atoms with Crippen molar-refractivity contribution in [2.24, 2.45) is 0 Å². The van der Waals surface area contributed by atoms with E-state index in [1.807, 2.05) is 31.2 Å². The van der Waals surface area contributed by atoms with Gasteiger partial charge in [0.15, 0.2) is 0 Å². The van der Waals surface area contributed by atoms with Crippen LogP contribution in [0.25, 0.3) is 0 Å². The number of hydrogen-bond acceptors (Lipinski definition) is 7. The second-order valence-corrected chi connectivity index (χ2v) is 11.4. The largest absolute Gasteiger partial charge is 0.436 e. The lowest BCUT2D eigenvalue weighted by atomic mass is 10.1. The SMILES string of the molecule is CC1(CN2CCN(S(=O)(=O)CCCCc3ccc(Cl)cc3)CC2)Cn2cc([N+](=O)[O-])nc2O1. The van der Waals surface area contributed by atoms with Crippen molar-refractivity contribution in [3.8, 4) is 6.01 Å². The molecule has 0 amide bonds. The summed E-state index contributed by atoms with van der Waals surface area (Å²) in [7, 11) is -3.28. The summed E-state index contributed by atoms with van der Waals surface area (Å²) in [6.45, 7) is 5.14. The minimum Gasteiger partial charge on any atom is -0.436 e. The maximum Gasteiger partial charge on any atom is 0.415 e. The fourth-order valence-corrected chi connectivity index (χ4v) is 6.07. The van der Waals surface area contributed by atoms with Crippen LogP contribution in [0.3, 0.4) is 0 Å². The molecule has 33 heavy (non-hydrogen) atoms. The lowest BCUT2D eigenvalue weighted by Crippen LogP contribution is -2.54. The van der Waals surface area contributed by atoms with Gasteiger partial charge in [0, 0.05) is 42.7 Å². The molecule has 2 aliphatic rings. The van der Waals surface area contributed by atoms with Crippen LogP contribution >= 0.6 is 11.6 Å². The van der Waals surface area contributed by atoms with Gasteiger partial charge in [-0.3, -0.25) is 9.47 Å². The van der Waals surface area contributed by atoms with E-state index in [0.29, 0.717) is 50.7 Å². The van der Waals surface area contributed by atoms with E-state index in [2.05, 4.69) is 9.88 Å². The Bertz CT molecular complexity index is 1070. The van der Waals surface area contributed by atoms with Gasteiger partial charge in [0.2, 0.25) is 10.0 Å². The number of piperazine rings is 1. The van der Waals surface area contributed by atoms with Gasteiger partial charge in [-0.25, -0.2) is 8.42 Å². The molecule has 1 atom stereocenters. The molecule has 0 bridgehead atoms. The highest BCUT2D eigenvalue weighted by Crippen LogP contribution is 2.31. The van der Waals surface area contributed by atoms with Crippen molar-refractivity contribution < 1.29 is 18.1 Å². The number of nitro groups is 1. The summed E-state index contributed by atoms with van der Waals surface area (Å²) in [6.07, 6.45) is 3.65. The highest BCUT2D eigenvalue weighted by Gasteiger charge is 2.42. The number of fused-ring (bicyclic) bond motifs is 1. The highest BCUT2D eigenvalue weighted by molar-refractivity contribution is 7.89. The van der Waals surface area contributed by atoms with Crippen LogP contribution in [0.1, 0.15) is 25.3 Å². The molecule has 1 aromatic heterocycles. The molecule has 0 radical (unpaired) electrons. The average molecular weight is 498 g/mol. The van der Waals surface area contributed by atoms with Crippen LogP contribution < -0.4 is 4.74 Å². The lowest BCUT2D eigenvalue weighted by molar-refractivity contribution is -0.389. The Labute approximate surface area is 198 Å². The summed E-state index contributed by atoms with van der Waals surface area (Å²) in [5.74, 6) is -0.0690. The molecule has 2 aromatic rings. The highest BCUT2D eigenvalue weighted by atomic mass is 35.5. The molecule has 0 aliphatic carbocycles. The van der Waals surface area contributed by atoms with E-state index in [-0.39, 0.29) is 17.6 Å². The molecule has 180 valence electrons. The van der Waals surface area contributed by atoms with Crippen molar-refractivity contribution in [1.29, 1.82) is 0 Å². The fraction of sp³-hybridized carbons (Fsp3) is 0.571. The van der Waals surface area contributed by atoms with E-state index in [1.54, 1.807) is 8.87 Å². The molecule has 0 saturated carbocycles. The summed E-state index contributed by atoms with van der Waals surface area (Å²) >= 11 is 5.89. The molecule has 1 aromatic carbocycles. The number of halogens is 1. The van der Waals surface area contributed by atoms with Crippen molar-refractivity contribution in [3.05, 3.63) is 51.2 Å². The summed E-state index contributed by atoms with van der Waals surface area (Å²) in [6, 6.07) is 7.89. The van der Waals surface area contributed by atoms with Crippen molar-refractivity contribution in [2.75, 3.05) is 38.5 Å². The molecule has 10 nitrogen and oxygen atoms in total. The third kappa shape index (κ3) is 5.84. The predicted octanol–water partition coefficient (Wildman–Crippen LogP) is 2.57. The van der Waals surface area contributed by atoms with Gasteiger partial charge in [0.25, 0.3) is 0 Å². The van der Waals surface area contributed by atoms with Crippen molar-refractivity contribution in [2.45, 2.75) is 38.3 Å². The summed E-state index contributed by atoms with van der Waals surface area (Å²) < 4.78 is 34.6. The number of aromatic nitrogens is 2. The number of hydrogen-bond donors (Lipinski definition) is 0. The zero-order chi connectivity index (χ0) is 23.6. The molecule has 0 spiro atoms. The molecular weight excluding hydrogens is 470 g/mol. The normalized spacial score (nSPS) is 21.6. The Hall–Kier alpha value is -2.21. The van der Waals surface area contributed by atoms with Gasteiger partial charge in [-0.15, -0.1) is 0 Å². The van der Waals surface area contributed by atoms with Gasteiger partial charge >= 0.3 is 11.8 Å². The minimum absolute atomic E-state index is 0.154. The number of imidazole rings is 1. The van der Waals surface area contributed by atoms with Crippen LogP contribution in [0.15, 0.2) is 30.5 Å². The van der Waals surface area contributed by atoms with Gasteiger partial charge in [-0.1, -0.05) is 23.7 Å². The Kier molecular flexibility index (Phi) is 6.94. The molecule has 1 saturated heterocycles. The van der Waals surface area contributed by atoms with Gasteiger partial charge in [-0.2, -0.15) is 4.31 Å². The predicted molar refractivity (Wildman–Crippen MR) is 124 cm³/mol. The van der Waals surface area contributed by atoms with Crippen LogP contribution in [-0.4, -0.2) is 76.2 Å². The number of aryl methyl sites for hydroxylation is 1. The number of nitrogens with zero attached hydrogens (tertiary/aromatic N) is 5. The van der Waals surface area contributed by atoms with Crippen molar-refractivity contribution in [1.82, 2.24) is 18.8 Å². The molecule has 1 unspecified atom stereocenters. The minimum atomic E-state index is -3.28. The Morgan fingerprint density at radius 3 is 2.52 bits per heavy atom. The van der Waals surface area contributed by atoms with Gasteiger partial charge in [-0.05, 0) is 48.8 Å². The van der Waals surface area contributed by atoms with Crippen LogP contribution in [0.4, 0.5) is 5.82 Å². The standard InChI is InChI=1S/C21H28ClN5O5S/c1-21(16-25-14-19(27(28)29)23-20(25)32-21)15-24-9-11-26(12-10-24)33(30,31)13-3-2-4-17-5-7-18(22)8-6-17/h5-8,14H,2-4,9-13,15-16H2,1H3. The van der Waals surface area contributed by atoms with Crippen LogP contribution in [0.2, 0.25) is 5.02 Å². The molecule has 2 aliphatic heterocycles. The van der Waals surface area contributed by atoms with Crippen molar-refractivity contribution in [3.63, 3.8) is 0 Å². The topological polar surface area (TPSA) is 111 Å². The molecule has 1 fully saturated rings. The van der Waals surface area contributed by atoms with Crippen molar-refractivity contribution >= 4 is 27.4 Å². The van der Waals surface area contributed by atoms with E-state index >= 15 is 0 Å². The lowest BCUT2D eigenvalue weighted by Gasteiger charge is -2.37. The van der Waals surface area contributed by atoms with Gasteiger partial charge < -0.3 is 14.9 Å². The van der Waals surface area contributed by atoms with E-state index in [9.17, 15) is 18.5 Å². The summed E-state index contributed by atoms with van der Waals surface area (Å²) in [5.41, 5.74) is 0.602. The van der Waals surface area contributed by atoms with Crippen LogP contribution in [0, 0.1) is 10.1 Å². The maximum atomic E-state index is 12.8. The fourth-order valence-electron chi connectivity index (χ4n) is 4.40. The van der Waals surface area contributed by atoms with Crippen LogP contribution in [0.5, 0.6) is 6.01 Å². The Morgan fingerprint density at radius 2 is 1.88 bits per heavy atom. The first-order valence-corrected chi connectivity index (χ1v) is 13.0. The third-order valence-electron chi connectivity index (χ3n) is 6.07. The molecule has 4 rings (SSSR count). The van der Waals surface area contributed by atoms with Crippen LogP contribution in [-0.2, 0) is 23.0 Å². The molecular formula is C21H28ClN5O5S. The van der Waals surface area contributed by atoms with Gasteiger partial charge in [0.05, 0.1) is 12.3 Å². The molecule has 12 heteroatoms. The number of sulfonamides is 1. The zero-order valence-electron chi connectivity index (χ0n) is 18.5. The van der Waals surface area contributed by atoms with E-state index in [1.165, 1.54) is 6.20 Å². The van der Waals surface area contributed by atoms with E-state index in [4.69, 9.17) is 16.3 Å². The monoisotopic (exact) mass is 497 g/mol. The first-order valence-electron chi connectivity index (χ1n) is 11.0. The number of rotatable bonds is 9. The number of benzene rings is 1. The number of ether oxygens (including phenoxy) is 1. The smallest absolute Gasteiger partial charge is 0.415 e. The van der Waals surface area contributed by atoms with Gasteiger partial charge in [0.1, 0.15) is 11.8 Å². The third-order valence-corrected chi connectivity index (χ3v) is 8.28. The molecule has 0 N–H and O–H groups in total. The Balaban J connectivity index is 1.20. The summed E-state index contributed by atoms with van der Waals surface area (Å²) in [4.78, 5) is 16.4.